The van der Waals surface area contributed by atoms with Crippen molar-refractivity contribution in [3.63, 3.8) is 0 Å². The Morgan fingerprint density at radius 3 is 1.76 bits per heavy atom. The largest absolute Gasteiger partial charge is 0.379 e. The van der Waals surface area contributed by atoms with E-state index in [4.69, 9.17) is 0 Å². The summed E-state index contributed by atoms with van der Waals surface area (Å²) in [4.78, 5) is 0.625. The van der Waals surface area contributed by atoms with Crippen LogP contribution in [0.4, 0.5) is 17.6 Å². The summed E-state index contributed by atoms with van der Waals surface area (Å²) in [5.74, 6) is 0.234. The molecule has 8 heteroatoms. The van der Waals surface area contributed by atoms with Crippen LogP contribution in [0.3, 0.4) is 0 Å². The molecule has 2 saturated heterocycles. The second kappa shape index (κ2) is 7.62. The summed E-state index contributed by atoms with van der Waals surface area (Å²) in [6, 6.07) is 6.80. The lowest BCUT2D eigenvalue weighted by Crippen LogP contribution is -2.55. The Labute approximate surface area is 176 Å². The zero-order chi connectivity index (χ0) is 21.0. The number of piperidine rings is 1. The van der Waals surface area contributed by atoms with E-state index >= 15 is 0 Å². The van der Waals surface area contributed by atoms with Crippen molar-refractivity contribution in [2.75, 3.05) is 14.1 Å². The molecule has 0 aliphatic carbocycles. The van der Waals surface area contributed by atoms with Gasteiger partial charge in [-0.05, 0) is 36.6 Å². The van der Waals surface area contributed by atoms with Gasteiger partial charge in [-0.1, -0.05) is 0 Å². The highest BCUT2D eigenvalue weighted by atomic mass is 32.1. The van der Waals surface area contributed by atoms with Crippen molar-refractivity contribution in [2.45, 2.75) is 62.6 Å². The number of fused-ring (bicyclic) bond motifs is 2. The van der Waals surface area contributed by atoms with Gasteiger partial charge in [0.25, 0.3) is 12.9 Å². The van der Waals surface area contributed by atoms with E-state index in [1.807, 2.05) is 0 Å². The summed E-state index contributed by atoms with van der Waals surface area (Å²) >= 11 is 1.76. The van der Waals surface area contributed by atoms with Gasteiger partial charge in [0.1, 0.15) is 5.60 Å². The highest BCUT2D eigenvalue weighted by Crippen LogP contribution is 2.50. The van der Waals surface area contributed by atoms with Gasteiger partial charge in [0.2, 0.25) is 0 Å². The number of alkyl halides is 4. The third-order valence-electron chi connectivity index (χ3n) is 7.01. The Balaban J connectivity index is 1.66. The molecule has 2 atom stereocenters. The monoisotopic (exact) mass is 448 g/mol. The van der Waals surface area contributed by atoms with E-state index in [2.05, 4.69) is 14.1 Å². The quantitative estimate of drug-likeness (QED) is 0.405. The Kier molecular flexibility index (Phi) is 5.59. The number of hydrogen-bond donors (Lipinski definition) is 1. The van der Waals surface area contributed by atoms with Crippen LogP contribution in [0.2, 0.25) is 0 Å². The third-order valence-corrected chi connectivity index (χ3v) is 9.50. The van der Waals surface area contributed by atoms with E-state index in [1.165, 1.54) is 24.3 Å². The molecule has 0 amide bonds. The molecular formula is C21H26F4NOS2+. The lowest BCUT2D eigenvalue weighted by Gasteiger charge is -2.45. The van der Waals surface area contributed by atoms with E-state index < -0.39 is 18.5 Å². The molecule has 160 valence electrons. The van der Waals surface area contributed by atoms with E-state index in [0.717, 1.165) is 52.8 Å². The smallest absolute Gasteiger partial charge is 0.272 e. The molecule has 2 aromatic heterocycles. The second-order valence-corrected chi connectivity index (χ2v) is 11.2. The summed E-state index contributed by atoms with van der Waals surface area (Å²) in [5.41, 5.74) is -1.51. The fourth-order valence-corrected chi connectivity index (χ4v) is 7.30. The fraction of sp³-hybridized carbons (Fsp3) is 0.619. The molecule has 2 fully saturated rings. The van der Waals surface area contributed by atoms with Crippen molar-refractivity contribution in [1.82, 2.24) is 0 Å². The van der Waals surface area contributed by atoms with Gasteiger partial charge in [-0.15, -0.1) is 22.7 Å². The average Bonchev–Trinajstić information content (AvgIpc) is 3.34. The molecule has 0 spiro atoms. The van der Waals surface area contributed by atoms with Crippen LogP contribution in [0.15, 0.2) is 24.3 Å². The van der Waals surface area contributed by atoms with Gasteiger partial charge in [0.15, 0.2) is 0 Å². The SMILES string of the molecule is C[N+]1(C)[C@H]2CC[C@H]1CC(CC(O)(c1ccc(C(F)F)s1)c1ccc(C(F)F)s1)C2. The predicted molar refractivity (Wildman–Crippen MR) is 108 cm³/mol. The van der Waals surface area contributed by atoms with Gasteiger partial charge < -0.3 is 9.59 Å². The molecule has 2 bridgehead atoms. The maximum absolute atomic E-state index is 13.2. The van der Waals surface area contributed by atoms with Crippen molar-refractivity contribution in [2.24, 2.45) is 5.92 Å². The maximum Gasteiger partial charge on any atom is 0.272 e. The van der Waals surface area contributed by atoms with Crippen molar-refractivity contribution in [3.8, 4) is 0 Å². The zero-order valence-electron chi connectivity index (χ0n) is 16.5. The van der Waals surface area contributed by atoms with Crippen LogP contribution in [0.25, 0.3) is 0 Å². The number of thiophene rings is 2. The van der Waals surface area contributed by atoms with Crippen LogP contribution >= 0.6 is 22.7 Å². The van der Waals surface area contributed by atoms with Crippen molar-refractivity contribution in [3.05, 3.63) is 43.8 Å². The van der Waals surface area contributed by atoms with Crippen molar-refractivity contribution in [1.29, 1.82) is 0 Å². The molecule has 29 heavy (non-hydrogen) atoms. The lowest BCUT2D eigenvalue weighted by molar-refractivity contribution is -0.931. The second-order valence-electron chi connectivity index (χ2n) is 8.92. The van der Waals surface area contributed by atoms with Gasteiger partial charge in [0.05, 0.1) is 35.9 Å². The number of aliphatic hydroxyl groups is 1. The molecule has 2 nitrogen and oxygen atoms in total. The highest BCUT2D eigenvalue weighted by Gasteiger charge is 2.51. The maximum atomic E-state index is 13.2. The first kappa shape index (κ1) is 21.3. The van der Waals surface area contributed by atoms with Crippen LogP contribution in [0.1, 0.15) is 64.5 Å². The number of nitrogens with zero attached hydrogens (tertiary/aromatic N) is 1. The zero-order valence-corrected chi connectivity index (χ0v) is 18.1. The minimum absolute atomic E-state index is 0.106. The van der Waals surface area contributed by atoms with E-state index in [1.54, 1.807) is 0 Å². The first-order chi connectivity index (χ1) is 13.6. The van der Waals surface area contributed by atoms with Gasteiger partial charge in [-0.3, -0.25) is 0 Å². The summed E-state index contributed by atoms with van der Waals surface area (Å²) < 4.78 is 53.7. The van der Waals surface area contributed by atoms with Gasteiger partial charge in [-0.25, -0.2) is 17.6 Å². The summed E-state index contributed by atoms with van der Waals surface area (Å²) in [5, 5.41) is 11.7. The number of halogens is 4. The van der Waals surface area contributed by atoms with Crippen LogP contribution in [0, 0.1) is 5.92 Å². The molecule has 0 aromatic carbocycles. The normalized spacial score (nSPS) is 26.6. The van der Waals surface area contributed by atoms with Crippen LogP contribution in [-0.2, 0) is 5.60 Å². The molecule has 2 aliphatic heterocycles. The van der Waals surface area contributed by atoms with Crippen molar-refractivity contribution < 1.29 is 27.2 Å². The molecule has 0 radical (unpaired) electrons. The van der Waals surface area contributed by atoms with E-state index in [-0.39, 0.29) is 15.7 Å². The van der Waals surface area contributed by atoms with E-state index in [0.29, 0.717) is 28.3 Å². The van der Waals surface area contributed by atoms with Gasteiger partial charge in [0, 0.05) is 35.4 Å². The van der Waals surface area contributed by atoms with Crippen LogP contribution in [0.5, 0.6) is 0 Å². The van der Waals surface area contributed by atoms with Crippen LogP contribution in [-0.4, -0.2) is 35.8 Å². The highest BCUT2D eigenvalue weighted by molar-refractivity contribution is 7.13. The number of rotatable bonds is 6. The standard InChI is InChI=1S/C21H26F4NOS2/c1-26(2)13-3-4-14(26)10-12(9-13)11-21(27,17-7-5-15(28-17)19(22)23)18-8-6-16(29-18)20(24)25/h5-8,12-14,19-20,27H,3-4,9-11H2,1-2H3/q+1/t13-,14-/m0/s1. The molecular weight excluding hydrogens is 422 g/mol. The van der Waals surface area contributed by atoms with E-state index in [9.17, 15) is 22.7 Å². The first-order valence-electron chi connectivity index (χ1n) is 9.93. The summed E-state index contributed by atoms with van der Waals surface area (Å²) in [7, 11) is 4.51. The summed E-state index contributed by atoms with van der Waals surface area (Å²) in [6.07, 6.45) is -0.585. The van der Waals surface area contributed by atoms with Crippen LogP contribution < -0.4 is 0 Å². The topological polar surface area (TPSA) is 20.2 Å². The minimum atomic E-state index is -2.61. The Bertz CT molecular complexity index is 800. The van der Waals surface area contributed by atoms with Crippen molar-refractivity contribution >= 4 is 22.7 Å². The fourth-order valence-electron chi connectivity index (χ4n) is 5.29. The lowest BCUT2D eigenvalue weighted by atomic mass is 9.79. The predicted octanol–water partition coefficient (Wildman–Crippen LogP) is 6.33. The number of hydrogen-bond acceptors (Lipinski definition) is 3. The minimum Gasteiger partial charge on any atom is -0.379 e. The Morgan fingerprint density at radius 2 is 1.38 bits per heavy atom. The average molecular weight is 449 g/mol. The first-order valence-corrected chi connectivity index (χ1v) is 11.6. The Hall–Kier alpha value is -0.960. The molecule has 1 N–H and O–H groups in total. The summed E-state index contributed by atoms with van der Waals surface area (Å²) in [6.45, 7) is 0. The molecule has 4 heterocycles. The van der Waals surface area contributed by atoms with Gasteiger partial charge in [-0.2, -0.15) is 0 Å². The molecule has 2 aliphatic rings. The number of quaternary nitrogens is 1. The molecule has 0 unspecified atom stereocenters. The van der Waals surface area contributed by atoms with Gasteiger partial charge >= 0.3 is 0 Å². The molecule has 4 rings (SSSR count). The third kappa shape index (κ3) is 3.77. The Morgan fingerprint density at radius 1 is 0.931 bits per heavy atom. The molecule has 0 saturated carbocycles. The molecule has 2 aromatic rings.